The third kappa shape index (κ3) is 2.93. The predicted octanol–water partition coefficient (Wildman–Crippen LogP) is 3.07. The number of nitrogens with zero attached hydrogens (tertiary/aromatic N) is 2. The van der Waals surface area contributed by atoms with Crippen molar-refractivity contribution in [1.82, 2.24) is 0 Å². The molecule has 0 aliphatic carbocycles. The Balaban J connectivity index is 2.95. The minimum Gasteiger partial charge on any atom is -0.328 e. The van der Waals surface area contributed by atoms with E-state index in [0.717, 1.165) is 16.6 Å². The maximum atomic E-state index is 10.5. The number of nitro groups is 1. The summed E-state index contributed by atoms with van der Waals surface area (Å²) in [5.74, 6) is 0. The number of anilines is 1. The van der Waals surface area contributed by atoms with Crippen molar-refractivity contribution in [2.24, 2.45) is 0 Å². The number of benzene rings is 1. The molecule has 86 valence electrons. The molecule has 0 saturated heterocycles. The minimum absolute atomic E-state index is 0.0925. The van der Waals surface area contributed by atoms with Crippen LogP contribution in [-0.2, 0) is 0 Å². The zero-order valence-corrected chi connectivity index (χ0v) is 10.7. The smallest absolute Gasteiger partial charge is 0.269 e. The van der Waals surface area contributed by atoms with E-state index in [2.05, 4.69) is 0 Å². The van der Waals surface area contributed by atoms with Gasteiger partial charge in [0.2, 0.25) is 0 Å². The summed E-state index contributed by atoms with van der Waals surface area (Å²) < 4.78 is 0.761. The SMILES string of the molecule is CCN(C(=S)SC)c1ccc([N+](=O)[O-])cc1. The summed E-state index contributed by atoms with van der Waals surface area (Å²) in [7, 11) is 0. The average molecular weight is 256 g/mol. The van der Waals surface area contributed by atoms with Gasteiger partial charge in [-0.25, -0.2) is 0 Å². The van der Waals surface area contributed by atoms with E-state index in [1.165, 1.54) is 23.9 Å². The Labute approximate surface area is 104 Å². The van der Waals surface area contributed by atoms with Gasteiger partial charge in [-0.2, -0.15) is 0 Å². The zero-order valence-electron chi connectivity index (χ0n) is 9.04. The molecule has 16 heavy (non-hydrogen) atoms. The van der Waals surface area contributed by atoms with Crippen molar-refractivity contribution >= 4 is 39.7 Å². The quantitative estimate of drug-likeness (QED) is 0.472. The Hall–Kier alpha value is -1.14. The summed E-state index contributed by atoms with van der Waals surface area (Å²) in [6.45, 7) is 2.74. The van der Waals surface area contributed by atoms with Crippen molar-refractivity contribution in [2.45, 2.75) is 6.92 Å². The summed E-state index contributed by atoms with van der Waals surface area (Å²) in [5, 5.41) is 10.5. The number of hydrogen-bond donors (Lipinski definition) is 0. The van der Waals surface area contributed by atoms with Gasteiger partial charge in [0, 0.05) is 24.4 Å². The molecule has 4 nitrogen and oxygen atoms in total. The molecule has 6 heteroatoms. The Morgan fingerprint density at radius 1 is 1.50 bits per heavy atom. The molecule has 1 rings (SSSR count). The molecule has 0 unspecified atom stereocenters. The molecule has 0 saturated carbocycles. The molecule has 0 bridgehead atoms. The van der Waals surface area contributed by atoms with Crippen molar-refractivity contribution < 1.29 is 4.92 Å². The first-order valence-corrected chi connectivity index (χ1v) is 6.33. The first-order valence-electron chi connectivity index (χ1n) is 4.70. The minimum atomic E-state index is -0.410. The molecular weight excluding hydrogens is 244 g/mol. The van der Waals surface area contributed by atoms with Gasteiger partial charge in [-0.1, -0.05) is 12.2 Å². The zero-order chi connectivity index (χ0) is 12.1. The van der Waals surface area contributed by atoms with Crippen LogP contribution in [0.3, 0.4) is 0 Å². The molecule has 0 heterocycles. The van der Waals surface area contributed by atoms with E-state index in [4.69, 9.17) is 12.2 Å². The number of thiocarbonyl (C=S) groups is 1. The molecule has 0 aliphatic rings. The highest BCUT2D eigenvalue weighted by Gasteiger charge is 2.11. The van der Waals surface area contributed by atoms with E-state index >= 15 is 0 Å². The summed E-state index contributed by atoms with van der Waals surface area (Å²) >= 11 is 6.68. The fourth-order valence-electron chi connectivity index (χ4n) is 1.28. The first kappa shape index (κ1) is 12.9. The first-order chi connectivity index (χ1) is 7.60. The lowest BCUT2D eigenvalue weighted by Gasteiger charge is -2.22. The van der Waals surface area contributed by atoms with E-state index in [0.29, 0.717) is 0 Å². The maximum absolute atomic E-state index is 10.5. The van der Waals surface area contributed by atoms with Crippen LogP contribution >= 0.6 is 24.0 Å². The standard InChI is InChI=1S/C10H12N2O2S2/c1-3-11(10(15)16-2)8-4-6-9(7-5-8)12(13)14/h4-7H,3H2,1-2H3. The molecule has 0 radical (unpaired) electrons. The van der Waals surface area contributed by atoms with Crippen molar-refractivity contribution in [1.29, 1.82) is 0 Å². The number of thioether (sulfide) groups is 1. The van der Waals surface area contributed by atoms with E-state index in [1.54, 1.807) is 12.1 Å². The van der Waals surface area contributed by atoms with E-state index in [1.807, 2.05) is 18.1 Å². The second kappa shape index (κ2) is 5.81. The monoisotopic (exact) mass is 256 g/mol. The Morgan fingerprint density at radius 2 is 2.06 bits per heavy atom. The van der Waals surface area contributed by atoms with Gasteiger partial charge >= 0.3 is 0 Å². The number of rotatable bonds is 3. The van der Waals surface area contributed by atoms with Crippen molar-refractivity contribution in [2.75, 3.05) is 17.7 Å². The Kier molecular flexibility index (Phi) is 4.70. The van der Waals surface area contributed by atoms with Crippen molar-refractivity contribution in [3.05, 3.63) is 34.4 Å². The van der Waals surface area contributed by atoms with Crippen LogP contribution in [0.4, 0.5) is 11.4 Å². The molecule has 0 aromatic heterocycles. The second-order valence-corrected chi connectivity index (χ2v) is 4.43. The third-order valence-electron chi connectivity index (χ3n) is 2.08. The van der Waals surface area contributed by atoms with Crippen LogP contribution in [0.25, 0.3) is 0 Å². The van der Waals surface area contributed by atoms with Gasteiger partial charge in [-0.3, -0.25) is 10.1 Å². The van der Waals surface area contributed by atoms with Gasteiger partial charge in [0.15, 0.2) is 0 Å². The Bertz CT molecular complexity index is 392. The number of nitro benzene ring substituents is 1. The van der Waals surface area contributed by atoms with E-state index < -0.39 is 4.92 Å². The molecule has 0 spiro atoms. The molecule has 0 N–H and O–H groups in total. The molecule has 0 atom stereocenters. The van der Waals surface area contributed by atoms with Gasteiger partial charge in [0.25, 0.3) is 5.69 Å². The summed E-state index contributed by atoms with van der Waals surface area (Å²) in [4.78, 5) is 12.0. The normalized spacial score (nSPS) is 9.88. The lowest BCUT2D eigenvalue weighted by Crippen LogP contribution is -2.26. The third-order valence-corrected chi connectivity index (χ3v) is 3.37. The van der Waals surface area contributed by atoms with Crippen LogP contribution in [-0.4, -0.2) is 22.0 Å². The number of non-ortho nitro benzene ring substituents is 1. The van der Waals surface area contributed by atoms with Crippen molar-refractivity contribution in [3.8, 4) is 0 Å². The average Bonchev–Trinajstić information content (AvgIpc) is 2.30. The van der Waals surface area contributed by atoms with Crippen LogP contribution in [0.1, 0.15) is 6.92 Å². The topological polar surface area (TPSA) is 46.4 Å². The molecule has 0 aliphatic heterocycles. The highest BCUT2D eigenvalue weighted by molar-refractivity contribution is 8.22. The number of hydrogen-bond acceptors (Lipinski definition) is 4. The van der Waals surface area contributed by atoms with Gasteiger partial charge in [-0.05, 0) is 25.3 Å². The molecule has 1 aromatic rings. The second-order valence-electron chi connectivity index (χ2n) is 2.99. The van der Waals surface area contributed by atoms with Crippen LogP contribution < -0.4 is 4.90 Å². The molecular formula is C10H12N2O2S2. The fourth-order valence-corrected chi connectivity index (χ4v) is 1.97. The van der Waals surface area contributed by atoms with Gasteiger partial charge in [0.05, 0.1) is 4.92 Å². The van der Waals surface area contributed by atoms with E-state index in [-0.39, 0.29) is 5.69 Å². The van der Waals surface area contributed by atoms with Gasteiger partial charge < -0.3 is 4.90 Å². The van der Waals surface area contributed by atoms with E-state index in [9.17, 15) is 10.1 Å². The largest absolute Gasteiger partial charge is 0.328 e. The van der Waals surface area contributed by atoms with Crippen molar-refractivity contribution in [3.63, 3.8) is 0 Å². The summed E-state index contributed by atoms with van der Waals surface area (Å²) in [6.07, 6.45) is 1.91. The maximum Gasteiger partial charge on any atom is 0.269 e. The molecule has 0 fully saturated rings. The van der Waals surface area contributed by atoms with Gasteiger partial charge in [0.1, 0.15) is 4.32 Å². The fraction of sp³-hybridized carbons (Fsp3) is 0.300. The van der Waals surface area contributed by atoms with Crippen LogP contribution in [0, 0.1) is 10.1 Å². The van der Waals surface area contributed by atoms with Crippen LogP contribution in [0.5, 0.6) is 0 Å². The van der Waals surface area contributed by atoms with Crippen LogP contribution in [0.2, 0.25) is 0 Å². The molecule has 1 aromatic carbocycles. The van der Waals surface area contributed by atoms with Gasteiger partial charge in [-0.15, -0.1) is 11.8 Å². The Morgan fingerprint density at radius 3 is 2.44 bits per heavy atom. The summed E-state index contributed by atoms with van der Waals surface area (Å²) in [6, 6.07) is 6.40. The predicted molar refractivity (Wildman–Crippen MR) is 72.2 cm³/mol. The molecule has 0 amide bonds. The highest BCUT2D eigenvalue weighted by atomic mass is 32.2. The lowest BCUT2D eigenvalue weighted by molar-refractivity contribution is -0.384. The summed E-state index contributed by atoms with van der Waals surface area (Å²) in [5.41, 5.74) is 0.974. The lowest BCUT2D eigenvalue weighted by atomic mass is 10.2. The van der Waals surface area contributed by atoms with Crippen LogP contribution in [0.15, 0.2) is 24.3 Å². The highest BCUT2D eigenvalue weighted by Crippen LogP contribution is 2.21.